The summed E-state index contributed by atoms with van der Waals surface area (Å²) in [7, 11) is -2.91. The lowest BCUT2D eigenvalue weighted by atomic mass is 10.1. The lowest BCUT2D eigenvalue weighted by molar-refractivity contribution is 0.601. The summed E-state index contributed by atoms with van der Waals surface area (Å²) in [6, 6.07) is 3.92. The first kappa shape index (κ1) is 13.8. The maximum absolute atomic E-state index is 11.6. The van der Waals surface area contributed by atoms with Crippen molar-refractivity contribution in [1.82, 2.24) is 19.8 Å². The average molecular weight is 405 g/mol. The Morgan fingerprint density at radius 3 is 2.81 bits per heavy atom. The summed E-state index contributed by atoms with van der Waals surface area (Å²) in [5.74, 6) is 1.13. The summed E-state index contributed by atoms with van der Waals surface area (Å²) in [6.07, 6.45) is 0.645. The van der Waals surface area contributed by atoms with E-state index in [4.69, 9.17) is 0 Å². The molecule has 1 aliphatic rings. The van der Waals surface area contributed by atoms with Crippen LogP contribution in [-0.2, 0) is 9.84 Å². The average Bonchev–Trinajstić information content (AvgIpc) is 3.11. The molecular weight excluding hydrogens is 396 g/mol. The second-order valence-electron chi connectivity index (χ2n) is 4.86. The molecule has 0 aromatic carbocycles. The summed E-state index contributed by atoms with van der Waals surface area (Å²) in [4.78, 5) is 1.68. The van der Waals surface area contributed by atoms with E-state index >= 15 is 0 Å². The number of halogens is 1. The fourth-order valence-electron chi connectivity index (χ4n) is 2.37. The Morgan fingerprint density at radius 1 is 1.29 bits per heavy atom. The molecule has 0 bridgehead atoms. The van der Waals surface area contributed by atoms with Gasteiger partial charge in [0, 0.05) is 5.92 Å². The Labute approximate surface area is 136 Å². The van der Waals surface area contributed by atoms with Crippen molar-refractivity contribution in [3.8, 4) is 10.7 Å². The Balaban J connectivity index is 1.76. The molecule has 1 saturated heterocycles. The Kier molecular flexibility index (Phi) is 3.18. The van der Waals surface area contributed by atoms with E-state index in [1.165, 1.54) is 11.3 Å². The van der Waals surface area contributed by atoms with E-state index in [0.717, 1.165) is 13.7 Å². The van der Waals surface area contributed by atoms with Crippen molar-refractivity contribution in [2.45, 2.75) is 12.3 Å². The van der Waals surface area contributed by atoms with Gasteiger partial charge in [-0.1, -0.05) is 11.3 Å². The minimum atomic E-state index is -2.91. The summed E-state index contributed by atoms with van der Waals surface area (Å²) in [5.41, 5.74) is 0. The second-order valence-corrected chi connectivity index (χ2v) is 10.5. The van der Waals surface area contributed by atoms with E-state index in [-0.39, 0.29) is 17.4 Å². The van der Waals surface area contributed by atoms with Crippen LogP contribution in [0.5, 0.6) is 0 Å². The topological polar surface area (TPSA) is 77.2 Å². The molecule has 0 spiro atoms. The molecule has 3 aromatic heterocycles. The molecule has 1 aliphatic heterocycles. The van der Waals surface area contributed by atoms with Gasteiger partial charge in [0.1, 0.15) is 5.01 Å². The molecule has 0 radical (unpaired) electrons. The normalized spacial score (nSPS) is 21.3. The zero-order valence-corrected chi connectivity index (χ0v) is 14.6. The van der Waals surface area contributed by atoms with Gasteiger partial charge in [-0.25, -0.2) is 8.42 Å². The van der Waals surface area contributed by atoms with Crippen LogP contribution in [0.3, 0.4) is 0 Å². The largest absolute Gasteiger partial charge is 0.235 e. The highest BCUT2D eigenvalue weighted by molar-refractivity contribution is 9.11. The second kappa shape index (κ2) is 4.83. The maximum Gasteiger partial charge on any atom is 0.235 e. The zero-order valence-electron chi connectivity index (χ0n) is 10.6. The molecule has 1 atom stereocenters. The molecule has 110 valence electrons. The molecule has 4 rings (SSSR count). The van der Waals surface area contributed by atoms with Gasteiger partial charge >= 0.3 is 0 Å². The van der Waals surface area contributed by atoms with Crippen molar-refractivity contribution < 1.29 is 8.42 Å². The van der Waals surface area contributed by atoms with Crippen molar-refractivity contribution in [3.63, 3.8) is 0 Å². The zero-order chi connectivity index (χ0) is 14.6. The van der Waals surface area contributed by atoms with Crippen molar-refractivity contribution in [2.24, 2.45) is 0 Å². The molecule has 0 amide bonds. The van der Waals surface area contributed by atoms with Gasteiger partial charge in [0.05, 0.1) is 20.2 Å². The van der Waals surface area contributed by atoms with Crippen molar-refractivity contribution in [1.29, 1.82) is 0 Å². The third kappa shape index (κ3) is 2.43. The van der Waals surface area contributed by atoms with Crippen LogP contribution in [0.15, 0.2) is 15.9 Å². The minimum absolute atomic E-state index is 0.00961. The number of aromatic nitrogens is 4. The molecule has 3 aromatic rings. The number of nitrogens with zero attached hydrogens (tertiary/aromatic N) is 4. The van der Waals surface area contributed by atoms with E-state index in [2.05, 4.69) is 31.2 Å². The monoisotopic (exact) mass is 404 g/mol. The highest BCUT2D eigenvalue weighted by atomic mass is 79.9. The molecule has 1 fully saturated rings. The van der Waals surface area contributed by atoms with Gasteiger partial charge in [-0.15, -0.1) is 21.5 Å². The van der Waals surface area contributed by atoms with Crippen LogP contribution in [-0.4, -0.2) is 39.7 Å². The number of hydrogen-bond acceptors (Lipinski definition) is 7. The Bertz CT molecular complexity index is 926. The maximum atomic E-state index is 11.6. The van der Waals surface area contributed by atoms with Crippen LogP contribution in [0, 0.1) is 0 Å². The molecule has 0 aliphatic carbocycles. The molecule has 10 heteroatoms. The molecule has 0 saturated carbocycles. The predicted octanol–water partition coefficient (Wildman–Crippen LogP) is 2.58. The van der Waals surface area contributed by atoms with Crippen LogP contribution in [0.25, 0.3) is 15.7 Å². The first-order chi connectivity index (χ1) is 10.0. The van der Waals surface area contributed by atoms with Gasteiger partial charge < -0.3 is 0 Å². The fourth-order valence-corrected chi connectivity index (χ4v) is 6.56. The van der Waals surface area contributed by atoms with Crippen LogP contribution in [0.4, 0.5) is 0 Å². The Morgan fingerprint density at radius 2 is 2.14 bits per heavy atom. The van der Waals surface area contributed by atoms with Crippen molar-refractivity contribution in [2.75, 3.05) is 11.5 Å². The molecule has 21 heavy (non-hydrogen) atoms. The smallest absolute Gasteiger partial charge is 0.229 e. The molecule has 4 heterocycles. The van der Waals surface area contributed by atoms with E-state index in [1.807, 2.05) is 12.1 Å². The van der Waals surface area contributed by atoms with Crippen LogP contribution >= 0.6 is 38.6 Å². The lowest BCUT2D eigenvalue weighted by Crippen LogP contribution is -2.04. The first-order valence-corrected chi connectivity index (χ1v) is 10.4. The van der Waals surface area contributed by atoms with Gasteiger partial charge in [-0.05, 0) is 34.5 Å². The molecule has 1 unspecified atom stereocenters. The predicted molar refractivity (Wildman–Crippen MR) is 85.7 cm³/mol. The lowest BCUT2D eigenvalue weighted by Gasteiger charge is -2.00. The molecular formula is C11H9BrN4O2S3. The summed E-state index contributed by atoms with van der Waals surface area (Å²) in [5, 5.41) is 13.7. The van der Waals surface area contributed by atoms with E-state index in [9.17, 15) is 8.42 Å². The highest BCUT2D eigenvalue weighted by Crippen LogP contribution is 2.34. The highest BCUT2D eigenvalue weighted by Gasteiger charge is 2.32. The van der Waals surface area contributed by atoms with Crippen LogP contribution in [0.2, 0.25) is 0 Å². The van der Waals surface area contributed by atoms with Crippen molar-refractivity contribution >= 4 is 53.4 Å². The van der Waals surface area contributed by atoms with E-state index in [0.29, 0.717) is 17.2 Å². The fraction of sp³-hybridized carbons (Fsp3) is 0.364. The third-order valence-corrected chi connectivity index (χ3v) is 7.83. The van der Waals surface area contributed by atoms with Gasteiger partial charge in [0.15, 0.2) is 15.7 Å². The van der Waals surface area contributed by atoms with Crippen molar-refractivity contribution in [3.05, 3.63) is 20.9 Å². The van der Waals surface area contributed by atoms with Crippen LogP contribution < -0.4 is 0 Å². The third-order valence-electron chi connectivity index (χ3n) is 3.38. The minimum Gasteiger partial charge on any atom is -0.229 e. The SMILES string of the molecule is O=S1(=O)CCC(c2nn3c(-c4ccc(Br)s4)nnc3s2)C1. The van der Waals surface area contributed by atoms with Crippen LogP contribution in [0.1, 0.15) is 17.3 Å². The van der Waals surface area contributed by atoms with E-state index in [1.54, 1.807) is 15.9 Å². The van der Waals surface area contributed by atoms with Gasteiger partial charge in [-0.3, -0.25) is 0 Å². The number of fused-ring (bicyclic) bond motifs is 1. The number of thiophene rings is 1. The van der Waals surface area contributed by atoms with Gasteiger partial charge in [0.2, 0.25) is 4.96 Å². The number of hydrogen-bond donors (Lipinski definition) is 0. The standard InChI is InChI=1S/C11H9BrN4O2S3/c12-8-2-1-7(19-8)9-13-14-11-16(9)15-10(20-11)6-3-4-21(17,18)5-6/h1-2,6H,3-5H2. The van der Waals surface area contributed by atoms with E-state index < -0.39 is 9.84 Å². The Hall–Kier alpha value is -0.840. The van der Waals surface area contributed by atoms with Gasteiger partial charge in [0.25, 0.3) is 0 Å². The summed E-state index contributed by atoms with van der Waals surface area (Å²) >= 11 is 6.42. The first-order valence-electron chi connectivity index (χ1n) is 6.20. The summed E-state index contributed by atoms with van der Waals surface area (Å²) in [6.45, 7) is 0. The molecule has 0 N–H and O–H groups in total. The van der Waals surface area contributed by atoms with Gasteiger partial charge in [-0.2, -0.15) is 9.61 Å². The number of rotatable bonds is 2. The quantitative estimate of drug-likeness (QED) is 0.655. The molecule has 6 nitrogen and oxygen atoms in total. The summed E-state index contributed by atoms with van der Waals surface area (Å²) < 4.78 is 25.9. The number of sulfone groups is 1.